The molecule has 8 heteroatoms. The van der Waals surface area contributed by atoms with Crippen molar-refractivity contribution in [2.24, 2.45) is 12.9 Å². The Hall–Kier alpha value is -1.51. The quantitative estimate of drug-likeness (QED) is 0.644. The Morgan fingerprint density at radius 2 is 2.20 bits per heavy atom. The van der Waals surface area contributed by atoms with Gasteiger partial charge in [0.25, 0.3) is 0 Å². The lowest BCUT2D eigenvalue weighted by atomic mass is 10.0. The second-order valence-electron chi connectivity index (χ2n) is 4.05. The van der Waals surface area contributed by atoms with Gasteiger partial charge < -0.3 is 4.74 Å². The Labute approximate surface area is 122 Å². The molecular formula is C12H13BrF2N4O. The van der Waals surface area contributed by atoms with Gasteiger partial charge >= 0.3 is 6.61 Å². The second-order valence-corrected chi connectivity index (χ2v) is 4.91. The third-order valence-corrected chi connectivity index (χ3v) is 3.41. The van der Waals surface area contributed by atoms with E-state index in [2.05, 4.69) is 31.2 Å². The van der Waals surface area contributed by atoms with Crippen LogP contribution >= 0.6 is 15.9 Å². The number of hydrogen-bond donors (Lipinski definition) is 2. The second kappa shape index (κ2) is 6.29. The first-order valence-electron chi connectivity index (χ1n) is 5.71. The summed E-state index contributed by atoms with van der Waals surface area (Å²) >= 11 is 3.38. The molecule has 108 valence electrons. The molecule has 5 nitrogen and oxygen atoms in total. The van der Waals surface area contributed by atoms with Gasteiger partial charge in [0.05, 0.1) is 22.4 Å². The lowest BCUT2D eigenvalue weighted by molar-refractivity contribution is -0.0498. The van der Waals surface area contributed by atoms with Crippen molar-refractivity contribution in [3.63, 3.8) is 0 Å². The minimum absolute atomic E-state index is 0.0797. The SMILES string of the molecule is Cn1ncc(Br)c1C(NN)c1cccc(OC(F)F)c1. The van der Waals surface area contributed by atoms with E-state index in [9.17, 15) is 8.78 Å². The zero-order valence-electron chi connectivity index (χ0n) is 10.6. The van der Waals surface area contributed by atoms with Crippen LogP contribution < -0.4 is 16.0 Å². The van der Waals surface area contributed by atoms with Crippen LogP contribution in [0.4, 0.5) is 8.78 Å². The summed E-state index contributed by atoms with van der Waals surface area (Å²) in [6.07, 6.45) is 1.64. The molecule has 0 aliphatic rings. The van der Waals surface area contributed by atoms with Crippen molar-refractivity contribution >= 4 is 15.9 Å². The normalized spacial score (nSPS) is 12.7. The third-order valence-electron chi connectivity index (χ3n) is 2.79. The molecule has 1 heterocycles. The highest BCUT2D eigenvalue weighted by Gasteiger charge is 2.20. The van der Waals surface area contributed by atoms with Crippen LogP contribution in [0.15, 0.2) is 34.9 Å². The Morgan fingerprint density at radius 1 is 1.45 bits per heavy atom. The van der Waals surface area contributed by atoms with Crippen LogP contribution in [0.2, 0.25) is 0 Å². The van der Waals surface area contributed by atoms with Gasteiger partial charge in [-0.05, 0) is 33.6 Å². The van der Waals surface area contributed by atoms with Gasteiger partial charge in [0.15, 0.2) is 0 Å². The average molecular weight is 347 g/mol. The van der Waals surface area contributed by atoms with E-state index in [1.54, 1.807) is 30.1 Å². The average Bonchev–Trinajstić information content (AvgIpc) is 2.71. The largest absolute Gasteiger partial charge is 0.435 e. The Morgan fingerprint density at radius 3 is 2.75 bits per heavy atom. The number of aryl methyl sites for hydroxylation is 1. The summed E-state index contributed by atoms with van der Waals surface area (Å²) < 4.78 is 31.3. The summed E-state index contributed by atoms with van der Waals surface area (Å²) in [5.74, 6) is 5.66. The molecular weight excluding hydrogens is 334 g/mol. The van der Waals surface area contributed by atoms with Crippen molar-refractivity contribution in [3.05, 3.63) is 46.2 Å². The van der Waals surface area contributed by atoms with Crippen LogP contribution in [0, 0.1) is 0 Å². The molecule has 2 aromatic rings. The summed E-state index contributed by atoms with van der Waals surface area (Å²) in [7, 11) is 1.77. The zero-order chi connectivity index (χ0) is 14.7. The van der Waals surface area contributed by atoms with Gasteiger partial charge in [-0.3, -0.25) is 10.5 Å². The molecule has 1 aromatic carbocycles. The van der Waals surface area contributed by atoms with E-state index in [-0.39, 0.29) is 5.75 Å². The van der Waals surface area contributed by atoms with Crippen LogP contribution in [0.5, 0.6) is 5.75 Å². The van der Waals surface area contributed by atoms with E-state index in [0.717, 1.165) is 10.2 Å². The molecule has 0 radical (unpaired) electrons. The molecule has 1 aromatic heterocycles. The molecule has 2 rings (SSSR count). The minimum atomic E-state index is -2.86. The molecule has 0 spiro atoms. The number of nitrogens with zero attached hydrogens (tertiary/aromatic N) is 2. The smallest absolute Gasteiger partial charge is 0.387 e. The Balaban J connectivity index is 2.37. The Kier molecular flexibility index (Phi) is 4.69. The number of alkyl halides is 2. The monoisotopic (exact) mass is 346 g/mol. The highest BCUT2D eigenvalue weighted by molar-refractivity contribution is 9.10. The first-order valence-corrected chi connectivity index (χ1v) is 6.50. The summed E-state index contributed by atoms with van der Waals surface area (Å²) in [5, 5.41) is 4.10. The van der Waals surface area contributed by atoms with Crippen LogP contribution in [-0.4, -0.2) is 16.4 Å². The fourth-order valence-electron chi connectivity index (χ4n) is 1.95. The van der Waals surface area contributed by atoms with Crippen molar-refractivity contribution in [3.8, 4) is 5.75 Å². The molecule has 0 amide bonds. The fraction of sp³-hybridized carbons (Fsp3) is 0.250. The van der Waals surface area contributed by atoms with Crippen LogP contribution in [-0.2, 0) is 7.05 Å². The van der Waals surface area contributed by atoms with E-state index in [1.807, 2.05) is 0 Å². The highest BCUT2D eigenvalue weighted by Crippen LogP contribution is 2.29. The maximum absolute atomic E-state index is 12.3. The first kappa shape index (κ1) is 14.9. The topological polar surface area (TPSA) is 65.1 Å². The molecule has 3 N–H and O–H groups in total. The third kappa shape index (κ3) is 3.14. The number of nitrogens with one attached hydrogen (secondary N) is 1. The molecule has 1 unspecified atom stereocenters. The maximum Gasteiger partial charge on any atom is 0.387 e. The summed E-state index contributed by atoms with van der Waals surface area (Å²) in [6, 6.07) is 5.96. The van der Waals surface area contributed by atoms with Crippen LogP contribution in [0.1, 0.15) is 17.3 Å². The van der Waals surface area contributed by atoms with Crippen molar-refractivity contribution in [2.45, 2.75) is 12.7 Å². The van der Waals surface area contributed by atoms with E-state index in [0.29, 0.717) is 5.56 Å². The standard InChI is InChI=1S/C12H13BrF2N4O/c1-19-11(9(13)6-17-19)10(18-16)7-3-2-4-8(5-7)20-12(14)15/h2-6,10,12,18H,16H2,1H3. The maximum atomic E-state index is 12.3. The van der Waals surface area contributed by atoms with Crippen molar-refractivity contribution < 1.29 is 13.5 Å². The van der Waals surface area contributed by atoms with Gasteiger partial charge in [-0.25, -0.2) is 5.43 Å². The number of rotatable bonds is 5. The van der Waals surface area contributed by atoms with Gasteiger partial charge in [0, 0.05) is 7.05 Å². The van der Waals surface area contributed by atoms with Gasteiger partial charge in [0.2, 0.25) is 0 Å². The fourth-order valence-corrected chi connectivity index (χ4v) is 2.53. The summed E-state index contributed by atoms with van der Waals surface area (Å²) in [4.78, 5) is 0. The molecule has 0 aliphatic carbocycles. The first-order chi connectivity index (χ1) is 9.52. The summed E-state index contributed by atoms with van der Waals surface area (Å²) in [6.45, 7) is -2.86. The predicted molar refractivity (Wildman–Crippen MR) is 73.1 cm³/mol. The molecule has 0 fully saturated rings. The van der Waals surface area contributed by atoms with Crippen molar-refractivity contribution in [2.75, 3.05) is 0 Å². The molecule has 0 saturated heterocycles. The molecule has 1 atom stereocenters. The van der Waals surface area contributed by atoms with E-state index >= 15 is 0 Å². The Bertz CT molecular complexity index is 571. The zero-order valence-corrected chi connectivity index (χ0v) is 12.1. The van der Waals surface area contributed by atoms with Gasteiger partial charge in [0.1, 0.15) is 5.75 Å². The molecule has 0 saturated carbocycles. The highest BCUT2D eigenvalue weighted by atomic mass is 79.9. The number of nitrogens with two attached hydrogens (primary N) is 1. The van der Waals surface area contributed by atoms with Gasteiger partial charge in [-0.1, -0.05) is 12.1 Å². The number of hydrogen-bond acceptors (Lipinski definition) is 4. The van der Waals surface area contributed by atoms with Crippen LogP contribution in [0.25, 0.3) is 0 Å². The van der Waals surface area contributed by atoms with Crippen molar-refractivity contribution in [1.82, 2.24) is 15.2 Å². The van der Waals surface area contributed by atoms with E-state index in [4.69, 9.17) is 5.84 Å². The molecule has 0 bridgehead atoms. The minimum Gasteiger partial charge on any atom is -0.435 e. The number of aromatic nitrogens is 2. The van der Waals surface area contributed by atoms with E-state index < -0.39 is 12.7 Å². The number of hydrazine groups is 1. The number of halogens is 3. The lowest BCUT2D eigenvalue weighted by Gasteiger charge is -2.18. The molecule has 20 heavy (non-hydrogen) atoms. The lowest BCUT2D eigenvalue weighted by Crippen LogP contribution is -2.30. The van der Waals surface area contributed by atoms with Crippen molar-refractivity contribution in [1.29, 1.82) is 0 Å². The number of ether oxygens (including phenoxy) is 1. The molecule has 0 aliphatic heterocycles. The number of benzene rings is 1. The van der Waals surface area contributed by atoms with Crippen LogP contribution in [0.3, 0.4) is 0 Å². The van der Waals surface area contributed by atoms with Gasteiger partial charge in [-0.2, -0.15) is 13.9 Å². The predicted octanol–water partition coefficient (Wildman–Crippen LogP) is 2.34. The summed E-state index contributed by atoms with van der Waals surface area (Å²) in [5.41, 5.74) is 4.12. The van der Waals surface area contributed by atoms with Gasteiger partial charge in [-0.15, -0.1) is 0 Å². The van der Waals surface area contributed by atoms with E-state index in [1.165, 1.54) is 12.1 Å².